The minimum atomic E-state index is -0.691. The SMILES string of the molecule is CCC(O)CCC(C)(O)C(C)(C)C. The molecule has 0 radical (unpaired) electrons. The van der Waals surface area contributed by atoms with E-state index in [-0.39, 0.29) is 11.5 Å². The largest absolute Gasteiger partial charge is 0.393 e. The third-order valence-corrected chi connectivity index (χ3v) is 3.05. The van der Waals surface area contributed by atoms with E-state index in [1.165, 1.54) is 0 Å². The van der Waals surface area contributed by atoms with E-state index < -0.39 is 5.60 Å². The molecule has 0 aromatic carbocycles. The summed E-state index contributed by atoms with van der Waals surface area (Å²) < 4.78 is 0. The number of hydrogen-bond donors (Lipinski definition) is 2. The molecule has 2 heteroatoms. The number of aliphatic hydroxyl groups excluding tert-OH is 1. The molecule has 2 unspecified atom stereocenters. The van der Waals surface area contributed by atoms with Crippen LogP contribution in [-0.2, 0) is 0 Å². The Morgan fingerprint density at radius 2 is 1.62 bits per heavy atom. The van der Waals surface area contributed by atoms with Gasteiger partial charge in [-0.25, -0.2) is 0 Å². The Labute approximate surface area is 82.0 Å². The van der Waals surface area contributed by atoms with Crippen LogP contribution in [0.3, 0.4) is 0 Å². The first-order valence-corrected chi connectivity index (χ1v) is 5.11. The van der Waals surface area contributed by atoms with Crippen molar-refractivity contribution < 1.29 is 10.2 Å². The fourth-order valence-electron chi connectivity index (χ4n) is 1.03. The van der Waals surface area contributed by atoms with E-state index in [0.717, 1.165) is 6.42 Å². The van der Waals surface area contributed by atoms with E-state index in [1.54, 1.807) is 0 Å². The van der Waals surface area contributed by atoms with Crippen LogP contribution in [0.5, 0.6) is 0 Å². The Kier molecular flexibility index (Phi) is 4.40. The second kappa shape index (κ2) is 4.43. The van der Waals surface area contributed by atoms with E-state index in [0.29, 0.717) is 12.8 Å². The van der Waals surface area contributed by atoms with Gasteiger partial charge in [-0.15, -0.1) is 0 Å². The zero-order valence-corrected chi connectivity index (χ0v) is 9.59. The Morgan fingerprint density at radius 3 is 1.92 bits per heavy atom. The Balaban J connectivity index is 4.04. The second-order valence-corrected chi connectivity index (χ2v) is 5.12. The lowest BCUT2D eigenvalue weighted by Gasteiger charge is -2.37. The maximum absolute atomic E-state index is 10.1. The van der Waals surface area contributed by atoms with Crippen molar-refractivity contribution >= 4 is 0 Å². The molecule has 13 heavy (non-hydrogen) atoms. The van der Waals surface area contributed by atoms with Gasteiger partial charge >= 0.3 is 0 Å². The lowest BCUT2D eigenvalue weighted by atomic mass is 9.75. The molecule has 0 aromatic heterocycles. The molecule has 0 bridgehead atoms. The number of aliphatic hydroxyl groups is 2. The van der Waals surface area contributed by atoms with Crippen molar-refractivity contribution in [2.45, 2.75) is 65.6 Å². The first kappa shape index (κ1) is 12.9. The van der Waals surface area contributed by atoms with Crippen molar-refractivity contribution in [3.8, 4) is 0 Å². The highest BCUT2D eigenvalue weighted by Crippen LogP contribution is 2.34. The molecule has 2 N–H and O–H groups in total. The molecule has 0 aliphatic rings. The average molecular weight is 188 g/mol. The van der Waals surface area contributed by atoms with E-state index in [1.807, 2.05) is 34.6 Å². The van der Waals surface area contributed by atoms with Crippen molar-refractivity contribution in [1.29, 1.82) is 0 Å². The summed E-state index contributed by atoms with van der Waals surface area (Å²) in [5.41, 5.74) is -0.816. The van der Waals surface area contributed by atoms with E-state index in [4.69, 9.17) is 0 Å². The lowest BCUT2D eigenvalue weighted by molar-refractivity contribution is -0.0564. The summed E-state index contributed by atoms with van der Waals surface area (Å²) in [5, 5.41) is 19.5. The fraction of sp³-hybridized carbons (Fsp3) is 1.00. The Bertz CT molecular complexity index is 145. The number of rotatable bonds is 4. The zero-order valence-electron chi connectivity index (χ0n) is 9.59. The van der Waals surface area contributed by atoms with Gasteiger partial charge in [-0.2, -0.15) is 0 Å². The van der Waals surface area contributed by atoms with Gasteiger partial charge in [-0.1, -0.05) is 27.7 Å². The van der Waals surface area contributed by atoms with Gasteiger partial charge in [0, 0.05) is 0 Å². The normalized spacial score (nSPS) is 19.6. The molecule has 0 spiro atoms. The van der Waals surface area contributed by atoms with Crippen molar-refractivity contribution in [3.63, 3.8) is 0 Å². The van der Waals surface area contributed by atoms with Crippen LogP contribution in [0, 0.1) is 5.41 Å². The van der Waals surface area contributed by atoms with Crippen LogP contribution in [0.4, 0.5) is 0 Å². The molecule has 0 rings (SSSR count). The zero-order chi connectivity index (χ0) is 10.7. The van der Waals surface area contributed by atoms with Crippen LogP contribution >= 0.6 is 0 Å². The third kappa shape index (κ3) is 4.10. The van der Waals surface area contributed by atoms with Crippen LogP contribution in [0.2, 0.25) is 0 Å². The molecule has 0 amide bonds. The summed E-state index contributed by atoms with van der Waals surface area (Å²) in [6.45, 7) is 9.85. The van der Waals surface area contributed by atoms with Gasteiger partial charge in [-0.3, -0.25) is 0 Å². The maximum Gasteiger partial charge on any atom is 0.0668 e. The van der Waals surface area contributed by atoms with Crippen LogP contribution < -0.4 is 0 Å². The predicted octanol–water partition coefficient (Wildman–Crippen LogP) is 2.33. The van der Waals surface area contributed by atoms with Gasteiger partial charge in [-0.05, 0) is 31.6 Å². The molecule has 0 saturated heterocycles. The van der Waals surface area contributed by atoms with Crippen LogP contribution in [0.1, 0.15) is 53.9 Å². The van der Waals surface area contributed by atoms with Gasteiger partial charge in [0.2, 0.25) is 0 Å². The Morgan fingerprint density at radius 1 is 1.15 bits per heavy atom. The fourth-order valence-corrected chi connectivity index (χ4v) is 1.03. The molecule has 2 atom stereocenters. The van der Waals surface area contributed by atoms with E-state index in [9.17, 15) is 10.2 Å². The van der Waals surface area contributed by atoms with Gasteiger partial charge in [0.1, 0.15) is 0 Å². The summed E-state index contributed by atoms with van der Waals surface area (Å²) in [4.78, 5) is 0. The maximum atomic E-state index is 10.1. The van der Waals surface area contributed by atoms with Crippen molar-refractivity contribution in [3.05, 3.63) is 0 Å². The van der Waals surface area contributed by atoms with E-state index >= 15 is 0 Å². The summed E-state index contributed by atoms with van der Waals surface area (Å²) in [5.74, 6) is 0. The molecule has 0 heterocycles. The van der Waals surface area contributed by atoms with Gasteiger partial charge in [0.25, 0.3) is 0 Å². The summed E-state index contributed by atoms with van der Waals surface area (Å²) in [6.07, 6.45) is 1.83. The molecule has 80 valence electrons. The molecule has 0 aliphatic heterocycles. The van der Waals surface area contributed by atoms with Gasteiger partial charge < -0.3 is 10.2 Å². The molecule has 0 fully saturated rings. The van der Waals surface area contributed by atoms with Gasteiger partial charge in [0.05, 0.1) is 11.7 Å². The molecule has 2 nitrogen and oxygen atoms in total. The summed E-state index contributed by atoms with van der Waals surface area (Å²) >= 11 is 0. The van der Waals surface area contributed by atoms with Crippen molar-refractivity contribution in [1.82, 2.24) is 0 Å². The van der Waals surface area contributed by atoms with Crippen LogP contribution in [0.15, 0.2) is 0 Å². The average Bonchev–Trinajstić information content (AvgIpc) is 1.98. The quantitative estimate of drug-likeness (QED) is 0.711. The monoisotopic (exact) mass is 188 g/mol. The van der Waals surface area contributed by atoms with Crippen LogP contribution in [0.25, 0.3) is 0 Å². The van der Waals surface area contributed by atoms with Crippen molar-refractivity contribution in [2.75, 3.05) is 0 Å². The van der Waals surface area contributed by atoms with Crippen molar-refractivity contribution in [2.24, 2.45) is 5.41 Å². The molecule has 0 aliphatic carbocycles. The topological polar surface area (TPSA) is 40.5 Å². The highest BCUT2D eigenvalue weighted by Gasteiger charge is 2.34. The Hall–Kier alpha value is -0.0800. The second-order valence-electron chi connectivity index (χ2n) is 5.12. The molecular formula is C11H24O2. The first-order chi connectivity index (χ1) is 5.70. The van der Waals surface area contributed by atoms with Gasteiger partial charge in [0.15, 0.2) is 0 Å². The highest BCUT2D eigenvalue weighted by atomic mass is 16.3. The first-order valence-electron chi connectivity index (χ1n) is 5.11. The summed E-state index contributed by atoms with van der Waals surface area (Å²) in [6, 6.07) is 0. The highest BCUT2D eigenvalue weighted by molar-refractivity contribution is 4.86. The van der Waals surface area contributed by atoms with E-state index in [2.05, 4.69) is 0 Å². The minimum absolute atomic E-state index is 0.125. The predicted molar refractivity (Wildman–Crippen MR) is 55.6 cm³/mol. The number of hydrogen-bond acceptors (Lipinski definition) is 2. The third-order valence-electron chi connectivity index (χ3n) is 3.05. The molecular weight excluding hydrogens is 164 g/mol. The standard InChI is InChI=1S/C11H24O2/c1-6-9(12)7-8-11(5,13)10(2,3)4/h9,12-13H,6-8H2,1-5H3. The summed E-state index contributed by atoms with van der Waals surface area (Å²) in [7, 11) is 0. The molecule has 0 aromatic rings. The molecule has 0 saturated carbocycles. The van der Waals surface area contributed by atoms with Crippen LogP contribution in [-0.4, -0.2) is 21.9 Å². The minimum Gasteiger partial charge on any atom is -0.393 e. The smallest absolute Gasteiger partial charge is 0.0668 e. The lowest BCUT2D eigenvalue weighted by Crippen LogP contribution is -2.40.